The minimum Gasteiger partial charge on any atom is -0.360 e. The molecule has 1 aromatic heterocycles. The highest BCUT2D eigenvalue weighted by Gasteiger charge is 2.35. The third-order valence-corrected chi connectivity index (χ3v) is 4.32. The third kappa shape index (κ3) is 3.00. The topological polar surface area (TPSA) is 77.2 Å². The van der Waals surface area contributed by atoms with E-state index in [9.17, 15) is 26.4 Å². The van der Waals surface area contributed by atoms with Crippen LogP contribution in [-0.2, 0) is 16.9 Å². The summed E-state index contributed by atoms with van der Waals surface area (Å²) in [5.41, 5.74) is -1.36. The summed E-state index contributed by atoms with van der Waals surface area (Å²) in [6.45, 7) is 0. The molecule has 9 heteroatoms. The molecule has 0 bridgehead atoms. The number of ketones is 1. The van der Waals surface area contributed by atoms with Crippen LogP contribution >= 0.6 is 0 Å². The van der Waals surface area contributed by atoms with Crippen LogP contribution in [0.1, 0.15) is 46.0 Å². The van der Waals surface area contributed by atoms with Gasteiger partial charge >= 0.3 is 6.18 Å². The molecule has 3 rings (SSSR count). The monoisotopic (exact) mass is 345 g/mol. The Morgan fingerprint density at radius 2 is 1.91 bits per heavy atom. The van der Waals surface area contributed by atoms with Gasteiger partial charge in [-0.25, -0.2) is 8.42 Å². The molecular weight excluding hydrogens is 335 g/mol. The van der Waals surface area contributed by atoms with Crippen LogP contribution in [0.2, 0.25) is 0 Å². The van der Waals surface area contributed by atoms with E-state index in [1.54, 1.807) is 0 Å². The smallest absolute Gasteiger partial charge is 0.360 e. The number of halogens is 3. The molecular formula is C14H10F3NO4S. The second-order valence-corrected chi connectivity index (χ2v) is 6.19. The van der Waals surface area contributed by atoms with Gasteiger partial charge in [0.2, 0.25) is 0 Å². The SMILES string of the molecule is O=C(c1ccc(C(F)(F)F)cc1[SH](=O)=O)c1cnoc1C1CC1. The molecule has 0 amide bonds. The molecule has 23 heavy (non-hydrogen) atoms. The van der Waals surface area contributed by atoms with E-state index in [0.29, 0.717) is 17.9 Å². The molecule has 0 radical (unpaired) electrons. The fourth-order valence-corrected chi connectivity index (χ4v) is 2.87. The molecule has 5 nitrogen and oxygen atoms in total. The first kappa shape index (κ1) is 15.7. The first-order valence-corrected chi connectivity index (χ1v) is 7.81. The summed E-state index contributed by atoms with van der Waals surface area (Å²) in [4.78, 5) is 11.8. The lowest BCUT2D eigenvalue weighted by atomic mass is 10.0. The molecule has 0 aliphatic heterocycles. The zero-order valence-corrected chi connectivity index (χ0v) is 12.4. The lowest BCUT2D eigenvalue weighted by Gasteiger charge is -2.09. The summed E-state index contributed by atoms with van der Waals surface area (Å²) in [7, 11) is -3.37. The molecule has 2 aromatic rings. The highest BCUT2D eigenvalue weighted by molar-refractivity contribution is 7.72. The molecule has 1 fully saturated rings. The largest absolute Gasteiger partial charge is 0.416 e. The van der Waals surface area contributed by atoms with Crippen LogP contribution in [0.4, 0.5) is 13.2 Å². The number of carbonyl (C=O) groups excluding carboxylic acids is 1. The Kier molecular flexibility index (Phi) is 3.75. The van der Waals surface area contributed by atoms with Crippen molar-refractivity contribution in [2.75, 3.05) is 0 Å². The van der Waals surface area contributed by atoms with Gasteiger partial charge in [0, 0.05) is 11.5 Å². The van der Waals surface area contributed by atoms with Gasteiger partial charge in [0.05, 0.1) is 22.2 Å². The Balaban J connectivity index is 2.08. The number of rotatable bonds is 4. The van der Waals surface area contributed by atoms with E-state index >= 15 is 0 Å². The first-order chi connectivity index (χ1) is 10.8. The van der Waals surface area contributed by atoms with Gasteiger partial charge in [-0.2, -0.15) is 13.2 Å². The van der Waals surface area contributed by atoms with Crippen molar-refractivity contribution in [2.24, 2.45) is 0 Å². The lowest BCUT2D eigenvalue weighted by Crippen LogP contribution is -2.10. The maximum atomic E-state index is 12.7. The molecule has 0 atom stereocenters. The Hall–Kier alpha value is -2.16. The Morgan fingerprint density at radius 3 is 2.48 bits per heavy atom. The van der Waals surface area contributed by atoms with Gasteiger partial charge in [0.1, 0.15) is 0 Å². The van der Waals surface area contributed by atoms with E-state index in [1.165, 1.54) is 0 Å². The maximum Gasteiger partial charge on any atom is 0.416 e. The first-order valence-electron chi connectivity index (χ1n) is 6.64. The predicted molar refractivity (Wildman–Crippen MR) is 71.9 cm³/mol. The number of thiol groups is 1. The van der Waals surface area contributed by atoms with Crippen LogP contribution in [0.25, 0.3) is 0 Å². The number of nitrogens with zero attached hydrogens (tertiary/aromatic N) is 1. The number of aromatic nitrogens is 1. The summed E-state index contributed by atoms with van der Waals surface area (Å²) in [6, 6.07) is 2.01. The second kappa shape index (κ2) is 5.48. The summed E-state index contributed by atoms with van der Waals surface area (Å²) in [5, 5.41) is 3.53. The maximum absolute atomic E-state index is 12.7. The number of benzene rings is 1. The molecule has 0 unspecified atom stereocenters. The number of hydrogen-bond donors (Lipinski definition) is 1. The molecule has 1 aliphatic rings. The van der Waals surface area contributed by atoms with E-state index in [-0.39, 0.29) is 17.0 Å². The molecule has 0 N–H and O–H groups in total. The Bertz CT molecular complexity index is 842. The minimum atomic E-state index is -4.70. The van der Waals surface area contributed by atoms with Crippen molar-refractivity contribution >= 4 is 16.5 Å². The van der Waals surface area contributed by atoms with Crippen LogP contribution < -0.4 is 0 Å². The summed E-state index contributed by atoms with van der Waals surface area (Å²) < 4.78 is 65.7. The average molecular weight is 345 g/mol. The molecule has 122 valence electrons. The number of hydrogen-bond acceptors (Lipinski definition) is 5. The van der Waals surface area contributed by atoms with Gasteiger partial charge in [-0.15, -0.1) is 0 Å². The molecule has 1 aliphatic carbocycles. The highest BCUT2D eigenvalue weighted by Crippen LogP contribution is 2.42. The van der Waals surface area contributed by atoms with Crippen molar-refractivity contribution in [3.05, 3.63) is 46.8 Å². The summed E-state index contributed by atoms with van der Waals surface area (Å²) >= 11 is 0. The van der Waals surface area contributed by atoms with Crippen molar-refractivity contribution in [2.45, 2.75) is 29.8 Å². The summed E-state index contributed by atoms with van der Waals surface area (Å²) in [5.74, 6) is -0.312. The zero-order valence-electron chi connectivity index (χ0n) is 11.5. The average Bonchev–Trinajstić information content (AvgIpc) is 3.22. The van der Waals surface area contributed by atoms with E-state index in [0.717, 1.165) is 25.1 Å². The van der Waals surface area contributed by atoms with Crippen LogP contribution in [0.3, 0.4) is 0 Å². The number of alkyl halides is 3. The molecule has 1 heterocycles. The van der Waals surface area contributed by atoms with Gasteiger partial charge in [-0.05, 0) is 31.0 Å². The van der Waals surface area contributed by atoms with Crippen LogP contribution in [-0.4, -0.2) is 19.4 Å². The van der Waals surface area contributed by atoms with Crippen LogP contribution in [0, 0.1) is 0 Å². The molecule has 0 saturated heterocycles. The fraction of sp³-hybridized carbons (Fsp3) is 0.286. The zero-order chi connectivity index (χ0) is 16.8. The van der Waals surface area contributed by atoms with Crippen molar-refractivity contribution in [3.63, 3.8) is 0 Å². The van der Waals surface area contributed by atoms with E-state index in [4.69, 9.17) is 4.52 Å². The van der Waals surface area contributed by atoms with Crippen molar-refractivity contribution in [1.29, 1.82) is 0 Å². The van der Waals surface area contributed by atoms with Crippen LogP contribution in [0.15, 0.2) is 33.8 Å². The van der Waals surface area contributed by atoms with Gasteiger partial charge in [-0.3, -0.25) is 4.79 Å². The normalized spacial score (nSPS) is 15.1. The van der Waals surface area contributed by atoms with Crippen LogP contribution in [0.5, 0.6) is 0 Å². The molecule has 1 saturated carbocycles. The number of carbonyl (C=O) groups is 1. The van der Waals surface area contributed by atoms with E-state index in [2.05, 4.69) is 5.16 Å². The highest BCUT2D eigenvalue weighted by atomic mass is 32.2. The molecule has 1 aromatic carbocycles. The van der Waals surface area contributed by atoms with Crippen molar-refractivity contribution in [1.82, 2.24) is 5.16 Å². The Labute approximate surface area is 130 Å². The molecule has 0 spiro atoms. The standard InChI is InChI=1S/C14H10F3NO4S/c15-14(16,17)8-3-4-9(11(5-8)23(20)21)12(19)10-6-18-22-13(10)7-1-2-7/h3-7,23H,1-2H2. The summed E-state index contributed by atoms with van der Waals surface area (Å²) in [6.07, 6.45) is -1.89. The fourth-order valence-electron chi connectivity index (χ4n) is 2.26. The third-order valence-electron chi connectivity index (χ3n) is 3.56. The van der Waals surface area contributed by atoms with E-state index in [1.807, 2.05) is 0 Å². The van der Waals surface area contributed by atoms with Crippen molar-refractivity contribution < 1.29 is 30.9 Å². The second-order valence-electron chi connectivity index (χ2n) is 5.19. The quantitative estimate of drug-likeness (QED) is 0.681. The Morgan fingerprint density at radius 1 is 1.22 bits per heavy atom. The van der Waals surface area contributed by atoms with Gasteiger partial charge in [-0.1, -0.05) is 5.16 Å². The van der Waals surface area contributed by atoms with Gasteiger partial charge < -0.3 is 4.52 Å². The lowest BCUT2D eigenvalue weighted by molar-refractivity contribution is -0.137. The van der Waals surface area contributed by atoms with E-state index < -0.39 is 33.1 Å². The van der Waals surface area contributed by atoms with Gasteiger partial charge in [0.25, 0.3) is 0 Å². The van der Waals surface area contributed by atoms with Crippen molar-refractivity contribution in [3.8, 4) is 0 Å². The predicted octanol–water partition coefficient (Wildman–Crippen LogP) is 2.77. The van der Waals surface area contributed by atoms with Gasteiger partial charge in [0.15, 0.2) is 22.2 Å². The minimum absolute atomic E-state index is 0.0513.